The van der Waals surface area contributed by atoms with Crippen molar-refractivity contribution < 1.29 is 37.3 Å². The zero-order valence-electron chi connectivity index (χ0n) is 16.8. The maximum absolute atomic E-state index is 12.4. The van der Waals surface area contributed by atoms with Crippen molar-refractivity contribution in [3.63, 3.8) is 0 Å². The molecule has 2 atom stereocenters. The van der Waals surface area contributed by atoms with Crippen LogP contribution in [0, 0.1) is 0 Å². The number of aromatic nitrogens is 1. The van der Waals surface area contributed by atoms with E-state index in [1.807, 2.05) is 46.7 Å². The van der Waals surface area contributed by atoms with Crippen LogP contribution >= 0.6 is 11.3 Å². The SMILES string of the molecule is O=C(/C=C/c1cccs1)N1CC[C@]2(C[C@H](Oc3ccccn3)CO2)C1.O=C(O)C(F)(F)F. The molecule has 2 aromatic heterocycles. The predicted octanol–water partition coefficient (Wildman–Crippen LogP) is 3.63. The first-order valence-corrected chi connectivity index (χ1v) is 10.6. The first-order chi connectivity index (χ1) is 15.2. The van der Waals surface area contributed by atoms with Crippen molar-refractivity contribution in [2.75, 3.05) is 19.7 Å². The Hall–Kier alpha value is -2.92. The van der Waals surface area contributed by atoms with Gasteiger partial charge >= 0.3 is 12.1 Å². The lowest BCUT2D eigenvalue weighted by molar-refractivity contribution is -0.192. The Morgan fingerprint density at radius 2 is 2.09 bits per heavy atom. The number of hydrogen-bond acceptors (Lipinski definition) is 6. The number of carboxylic acid groups (broad SMARTS) is 1. The minimum absolute atomic E-state index is 0.00777. The largest absolute Gasteiger partial charge is 0.490 e. The number of alkyl halides is 3. The summed E-state index contributed by atoms with van der Waals surface area (Å²) in [4.78, 5) is 28.4. The van der Waals surface area contributed by atoms with Gasteiger partial charge in [-0.15, -0.1) is 11.3 Å². The average Bonchev–Trinajstić information content (AvgIpc) is 3.49. The normalized spacial score (nSPS) is 22.7. The number of amides is 1. The first-order valence-electron chi connectivity index (χ1n) is 9.69. The Kier molecular flexibility index (Phi) is 7.52. The van der Waals surface area contributed by atoms with Crippen LogP contribution in [-0.2, 0) is 14.3 Å². The van der Waals surface area contributed by atoms with Gasteiger partial charge in [0.05, 0.1) is 18.8 Å². The van der Waals surface area contributed by atoms with E-state index in [0.717, 1.165) is 24.3 Å². The number of ether oxygens (including phenoxy) is 2. The number of carbonyl (C=O) groups excluding carboxylic acids is 1. The second kappa shape index (κ2) is 10.1. The summed E-state index contributed by atoms with van der Waals surface area (Å²) >= 11 is 1.62. The monoisotopic (exact) mass is 470 g/mol. The molecule has 2 saturated heterocycles. The van der Waals surface area contributed by atoms with Crippen molar-refractivity contribution in [2.45, 2.75) is 30.7 Å². The van der Waals surface area contributed by atoms with Gasteiger partial charge in [0.2, 0.25) is 11.8 Å². The lowest BCUT2D eigenvalue weighted by Gasteiger charge is -2.22. The van der Waals surface area contributed by atoms with Crippen LogP contribution in [0.25, 0.3) is 6.08 Å². The molecule has 0 aliphatic carbocycles. The van der Waals surface area contributed by atoms with Crippen LogP contribution in [-0.4, -0.2) is 64.4 Å². The third kappa shape index (κ3) is 6.54. The molecule has 2 aliphatic heterocycles. The Morgan fingerprint density at radius 1 is 1.31 bits per heavy atom. The molecule has 0 saturated carbocycles. The Bertz CT molecular complexity index is 937. The summed E-state index contributed by atoms with van der Waals surface area (Å²) in [5.41, 5.74) is -0.272. The van der Waals surface area contributed by atoms with E-state index in [0.29, 0.717) is 19.0 Å². The molecule has 1 amide bonds. The van der Waals surface area contributed by atoms with Crippen LogP contribution in [0.5, 0.6) is 5.88 Å². The minimum Gasteiger partial charge on any atom is -0.475 e. The van der Waals surface area contributed by atoms with Crippen LogP contribution < -0.4 is 4.74 Å². The quantitative estimate of drug-likeness (QED) is 0.687. The molecule has 0 bridgehead atoms. The molecular formula is C21H21F3N2O5S. The van der Waals surface area contributed by atoms with Gasteiger partial charge in [-0.25, -0.2) is 9.78 Å². The van der Waals surface area contributed by atoms with E-state index in [2.05, 4.69) is 4.98 Å². The second-order valence-corrected chi connectivity index (χ2v) is 8.25. The van der Waals surface area contributed by atoms with Crippen molar-refractivity contribution in [1.82, 2.24) is 9.88 Å². The van der Waals surface area contributed by atoms with Gasteiger partial charge in [-0.1, -0.05) is 12.1 Å². The maximum Gasteiger partial charge on any atom is 0.490 e. The molecule has 11 heteroatoms. The number of carbonyl (C=O) groups is 2. The number of thiophene rings is 1. The highest BCUT2D eigenvalue weighted by molar-refractivity contribution is 7.10. The molecule has 2 aliphatic rings. The highest BCUT2D eigenvalue weighted by Gasteiger charge is 2.47. The van der Waals surface area contributed by atoms with Gasteiger partial charge in [0.25, 0.3) is 0 Å². The van der Waals surface area contributed by atoms with Gasteiger partial charge < -0.3 is 19.5 Å². The highest BCUT2D eigenvalue weighted by Crippen LogP contribution is 2.36. The van der Waals surface area contributed by atoms with Crippen molar-refractivity contribution in [1.29, 1.82) is 0 Å². The average molecular weight is 470 g/mol. The van der Waals surface area contributed by atoms with Crippen molar-refractivity contribution in [2.24, 2.45) is 0 Å². The molecule has 0 aromatic carbocycles. The van der Waals surface area contributed by atoms with Crippen LogP contribution in [0.3, 0.4) is 0 Å². The van der Waals surface area contributed by atoms with Crippen LogP contribution in [0.2, 0.25) is 0 Å². The number of likely N-dealkylation sites (tertiary alicyclic amines) is 1. The standard InChI is InChI=1S/C19H20N2O3S.C2HF3O2/c22-18(7-6-16-4-3-11-25-16)21-10-8-19(14-21)12-15(13-23-19)24-17-5-1-2-9-20-17;3-2(4,5)1(6)7/h1-7,9,11,15H,8,10,12-14H2;(H,6,7)/b7-6+;/t15-,19-;/m0./s1. The highest BCUT2D eigenvalue weighted by atomic mass is 32.1. The summed E-state index contributed by atoms with van der Waals surface area (Å²) < 4.78 is 43.7. The molecule has 0 radical (unpaired) electrons. The van der Waals surface area contributed by atoms with Crippen LogP contribution in [0.15, 0.2) is 48.0 Å². The summed E-state index contributed by atoms with van der Waals surface area (Å²) in [5, 5.41) is 9.13. The smallest absolute Gasteiger partial charge is 0.475 e. The third-order valence-electron chi connectivity index (χ3n) is 4.90. The van der Waals surface area contributed by atoms with E-state index in [1.54, 1.807) is 23.6 Å². The van der Waals surface area contributed by atoms with Crippen molar-refractivity contribution in [3.8, 4) is 5.88 Å². The molecule has 0 unspecified atom stereocenters. The summed E-state index contributed by atoms with van der Waals surface area (Å²) in [6.45, 7) is 1.90. The number of rotatable bonds is 4. The number of halogens is 3. The summed E-state index contributed by atoms with van der Waals surface area (Å²) in [7, 11) is 0. The Morgan fingerprint density at radius 3 is 2.72 bits per heavy atom. The molecule has 2 fully saturated rings. The molecule has 1 N–H and O–H groups in total. The minimum atomic E-state index is -5.08. The Balaban J connectivity index is 0.000000360. The zero-order valence-corrected chi connectivity index (χ0v) is 17.6. The molecule has 1 spiro atoms. The molecule has 4 rings (SSSR count). The predicted molar refractivity (Wildman–Crippen MR) is 110 cm³/mol. The molecule has 2 aromatic rings. The van der Waals surface area contributed by atoms with Gasteiger partial charge in [0.1, 0.15) is 6.10 Å². The second-order valence-electron chi connectivity index (χ2n) is 7.27. The molecule has 172 valence electrons. The van der Waals surface area contributed by atoms with E-state index in [4.69, 9.17) is 19.4 Å². The van der Waals surface area contributed by atoms with Gasteiger partial charge in [-0.3, -0.25) is 4.79 Å². The topological polar surface area (TPSA) is 89.0 Å². The molecule has 7 nitrogen and oxygen atoms in total. The van der Waals surface area contributed by atoms with E-state index in [-0.39, 0.29) is 17.6 Å². The summed E-state index contributed by atoms with van der Waals surface area (Å²) in [6.07, 6.45) is 1.81. The van der Waals surface area contributed by atoms with Crippen LogP contribution in [0.4, 0.5) is 13.2 Å². The lowest BCUT2D eigenvalue weighted by atomic mass is 9.98. The fourth-order valence-electron chi connectivity index (χ4n) is 3.43. The van der Waals surface area contributed by atoms with Crippen molar-refractivity contribution >= 4 is 29.3 Å². The number of carboxylic acids is 1. The Labute approximate surface area is 186 Å². The van der Waals surface area contributed by atoms with Gasteiger partial charge in [0.15, 0.2) is 0 Å². The molecular weight excluding hydrogens is 449 g/mol. The number of aliphatic carboxylic acids is 1. The first kappa shape index (κ1) is 23.7. The lowest BCUT2D eigenvalue weighted by Crippen LogP contribution is -2.35. The number of pyridine rings is 1. The van der Waals surface area contributed by atoms with Crippen LogP contribution in [0.1, 0.15) is 17.7 Å². The van der Waals surface area contributed by atoms with E-state index >= 15 is 0 Å². The van der Waals surface area contributed by atoms with E-state index in [1.165, 1.54) is 0 Å². The fraction of sp³-hybridized carbons (Fsp3) is 0.381. The van der Waals surface area contributed by atoms with Crippen molar-refractivity contribution in [3.05, 3.63) is 52.9 Å². The van der Waals surface area contributed by atoms with Gasteiger partial charge in [0, 0.05) is 36.2 Å². The number of nitrogens with zero attached hydrogens (tertiary/aromatic N) is 2. The summed E-state index contributed by atoms with van der Waals surface area (Å²) in [6, 6.07) is 9.60. The number of hydrogen-bond donors (Lipinski definition) is 1. The third-order valence-corrected chi connectivity index (χ3v) is 5.74. The fourth-order valence-corrected chi connectivity index (χ4v) is 4.05. The maximum atomic E-state index is 12.4. The summed E-state index contributed by atoms with van der Waals surface area (Å²) in [5.74, 6) is -2.09. The van der Waals surface area contributed by atoms with E-state index in [9.17, 15) is 18.0 Å². The molecule has 32 heavy (non-hydrogen) atoms. The molecule has 4 heterocycles. The van der Waals surface area contributed by atoms with Gasteiger partial charge in [-0.2, -0.15) is 13.2 Å². The van der Waals surface area contributed by atoms with E-state index < -0.39 is 12.1 Å². The van der Waals surface area contributed by atoms with Gasteiger partial charge in [-0.05, 0) is 30.0 Å². The zero-order chi connectivity index (χ0) is 23.2.